The van der Waals surface area contributed by atoms with Gasteiger partial charge in [0.05, 0.1) is 0 Å². The van der Waals surface area contributed by atoms with E-state index in [0.717, 1.165) is 11.3 Å². The second kappa shape index (κ2) is 5.66. The van der Waals surface area contributed by atoms with Gasteiger partial charge < -0.3 is 0 Å². The Hall–Kier alpha value is -1.11. The third-order valence-corrected chi connectivity index (χ3v) is 1.31. The van der Waals surface area contributed by atoms with Crippen LogP contribution in [0, 0.1) is 0 Å². The number of hydrogen-bond donors (Lipinski definition) is 0. The first-order chi connectivity index (χ1) is 5.26. The average molecular weight is 149 g/mol. The zero-order chi connectivity index (χ0) is 8.69. The highest BCUT2D eigenvalue weighted by Crippen LogP contribution is 2.07. The van der Waals surface area contributed by atoms with Crippen LogP contribution in [0.4, 0.5) is 0 Å². The van der Waals surface area contributed by atoms with E-state index in [-0.39, 0.29) is 0 Å². The Bertz CT molecular complexity index is 207. The van der Waals surface area contributed by atoms with Crippen molar-refractivity contribution in [1.82, 2.24) is 0 Å². The highest BCUT2D eigenvalue weighted by atomic mass is 14.7. The maximum atomic E-state index is 4.15. The molecule has 0 radical (unpaired) electrons. The zero-order valence-corrected chi connectivity index (χ0v) is 7.46. The van der Waals surface area contributed by atoms with Gasteiger partial charge in [-0.25, -0.2) is 0 Å². The molecule has 0 aromatic heterocycles. The largest absolute Gasteiger partial charge is 0.266 e. The summed E-state index contributed by atoms with van der Waals surface area (Å²) in [6.07, 6.45) is 7.56. The fraction of sp³-hybridized carbons (Fsp3) is 0.300. The first-order valence-electron chi connectivity index (χ1n) is 3.71. The van der Waals surface area contributed by atoms with Gasteiger partial charge in [0.25, 0.3) is 0 Å². The highest BCUT2D eigenvalue weighted by Gasteiger charge is 1.89. The Morgan fingerprint density at radius 2 is 2.00 bits per heavy atom. The van der Waals surface area contributed by atoms with Crippen LogP contribution in [0.25, 0.3) is 0 Å². The minimum absolute atomic E-state index is 1.00. The molecule has 0 rings (SSSR count). The molecule has 0 heterocycles. The monoisotopic (exact) mass is 149 g/mol. The molecule has 0 unspecified atom stereocenters. The van der Waals surface area contributed by atoms with Crippen LogP contribution in [0.15, 0.2) is 41.1 Å². The molecular formula is C10H15N. The molecule has 0 saturated heterocycles. The van der Waals surface area contributed by atoms with E-state index in [1.165, 1.54) is 0 Å². The van der Waals surface area contributed by atoms with Crippen LogP contribution in [0.2, 0.25) is 0 Å². The Morgan fingerprint density at radius 3 is 2.36 bits per heavy atom. The van der Waals surface area contributed by atoms with Crippen molar-refractivity contribution in [2.75, 3.05) is 0 Å². The van der Waals surface area contributed by atoms with Gasteiger partial charge in [-0.3, -0.25) is 4.99 Å². The summed E-state index contributed by atoms with van der Waals surface area (Å²) >= 11 is 0. The molecule has 0 saturated carbocycles. The second-order valence-electron chi connectivity index (χ2n) is 2.13. The highest BCUT2D eigenvalue weighted by molar-refractivity contribution is 5.56. The van der Waals surface area contributed by atoms with Gasteiger partial charge in [-0.15, -0.1) is 0 Å². The van der Waals surface area contributed by atoms with Crippen LogP contribution < -0.4 is 0 Å². The molecule has 0 spiro atoms. The standard InChI is InChI=1S/C10H15N/c1-5-8-10(6-2)9(4)11-7-3/h5-8H,2H2,1,3-4H3/b8-5-,10-9-,11-7-. The van der Waals surface area contributed by atoms with E-state index in [1.54, 1.807) is 6.21 Å². The molecule has 1 heteroatoms. The van der Waals surface area contributed by atoms with Gasteiger partial charge in [-0.1, -0.05) is 24.8 Å². The summed E-state index contributed by atoms with van der Waals surface area (Å²) in [7, 11) is 0. The first kappa shape index (κ1) is 9.89. The van der Waals surface area contributed by atoms with Gasteiger partial charge >= 0.3 is 0 Å². The summed E-state index contributed by atoms with van der Waals surface area (Å²) in [5, 5.41) is 0. The number of rotatable bonds is 3. The van der Waals surface area contributed by atoms with E-state index in [0.29, 0.717) is 0 Å². The summed E-state index contributed by atoms with van der Waals surface area (Å²) in [5.74, 6) is 0. The average Bonchev–Trinajstić information content (AvgIpc) is 2.00. The predicted molar refractivity (Wildman–Crippen MR) is 51.9 cm³/mol. The van der Waals surface area contributed by atoms with E-state index in [9.17, 15) is 0 Å². The fourth-order valence-electron chi connectivity index (χ4n) is 0.784. The topological polar surface area (TPSA) is 12.4 Å². The quantitative estimate of drug-likeness (QED) is 0.432. The molecular weight excluding hydrogens is 134 g/mol. The molecule has 0 aromatic carbocycles. The van der Waals surface area contributed by atoms with E-state index >= 15 is 0 Å². The molecule has 11 heavy (non-hydrogen) atoms. The van der Waals surface area contributed by atoms with Gasteiger partial charge in [0.15, 0.2) is 0 Å². The molecule has 0 aliphatic heterocycles. The zero-order valence-electron chi connectivity index (χ0n) is 7.46. The smallest absolute Gasteiger partial charge is 0.0440 e. The molecule has 0 fully saturated rings. The molecule has 60 valence electrons. The fourth-order valence-corrected chi connectivity index (χ4v) is 0.784. The Balaban J connectivity index is 4.66. The van der Waals surface area contributed by atoms with Crippen molar-refractivity contribution in [1.29, 1.82) is 0 Å². The second-order valence-corrected chi connectivity index (χ2v) is 2.13. The summed E-state index contributed by atoms with van der Waals surface area (Å²) in [4.78, 5) is 4.15. The van der Waals surface area contributed by atoms with Crippen molar-refractivity contribution < 1.29 is 0 Å². The van der Waals surface area contributed by atoms with Gasteiger partial charge in [0, 0.05) is 11.9 Å². The number of hydrogen-bond acceptors (Lipinski definition) is 1. The summed E-state index contributed by atoms with van der Waals surface area (Å²) in [5.41, 5.74) is 2.08. The Kier molecular flexibility index (Phi) is 5.09. The van der Waals surface area contributed by atoms with Crippen LogP contribution in [0.5, 0.6) is 0 Å². The van der Waals surface area contributed by atoms with Crippen molar-refractivity contribution in [3.8, 4) is 0 Å². The lowest BCUT2D eigenvalue weighted by Gasteiger charge is -1.95. The van der Waals surface area contributed by atoms with E-state index in [4.69, 9.17) is 0 Å². The third-order valence-electron chi connectivity index (χ3n) is 1.31. The third kappa shape index (κ3) is 3.56. The van der Waals surface area contributed by atoms with Crippen LogP contribution >= 0.6 is 0 Å². The minimum Gasteiger partial charge on any atom is -0.266 e. The molecule has 0 bridgehead atoms. The molecule has 0 aliphatic rings. The Morgan fingerprint density at radius 1 is 1.36 bits per heavy atom. The van der Waals surface area contributed by atoms with Crippen molar-refractivity contribution in [2.45, 2.75) is 20.8 Å². The number of nitrogens with zero attached hydrogens (tertiary/aromatic N) is 1. The predicted octanol–water partition coefficient (Wildman–Crippen LogP) is 3.11. The van der Waals surface area contributed by atoms with Crippen molar-refractivity contribution >= 4 is 6.21 Å². The molecule has 0 N–H and O–H groups in total. The SMILES string of the molecule is C=CC(/C=C\C)=C(C)/N=C\C. The first-order valence-corrected chi connectivity index (χ1v) is 3.71. The van der Waals surface area contributed by atoms with Crippen molar-refractivity contribution in [3.63, 3.8) is 0 Å². The normalized spacial score (nSPS) is 14.1. The summed E-state index contributed by atoms with van der Waals surface area (Å²) in [6, 6.07) is 0. The van der Waals surface area contributed by atoms with Crippen molar-refractivity contribution in [2.24, 2.45) is 4.99 Å². The molecule has 0 amide bonds. The van der Waals surface area contributed by atoms with E-state index in [2.05, 4.69) is 11.6 Å². The van der Waals surface area contributed by atoms with Gasteiger partial charge in [0.2, 0.25) is 0 Å². The molecule has 1 nitrogen and oxygen atoms in total. The Labute approximate surface area is 68.9 Å². The lowest BCUT2D eigenvalue weighted by Crippen LogP contribution is -1.77. The van der Waals surface area contributed by atoms with Crippen LogP contribution in [-0.2, 0) is 0 Å². The maximum Gasteiger partial charge on any atom is 0.0440 e. The van der Waals surface area contributed by atoms with Gasteiger partial charge in [0.1, 0.15) is 0 Å². The van der Waals surface area contributed by atoms with E-state index < -0.39 is 0 Å². The van der Waals surface area contributed by atoms with Crippen LogP contribution in [0.3, 0.4) is 0 Å². The summed E-state index contributed by atoms with van der Waals surface area (Å²) < 4.78 is 0. The van der Waals surface area contributed by atoms with Gasteiger partial charge in [-0.05, 0) is 26.3 Å². The van der Waals surface area contributed by atoms with Crippen LogP contribution in [-0.4, -0.2) is 6.21 Å². The van der Waals surface area contributed by atoms with E-state index in [1.807, 2.05) is 39.0 Å². The lowest BCUT2D eigenvalue weighted by molar-refractivity contribution is 1.27. The van der Waals surface area contributed by atoms with Crippen molar-refractivity contribution in [3.05, 3.63) is 36.1 Å². The van der Waals surface area contributed by atoms with Gasteiger partial charge in [-0.2, -0.15) is 0 Å². The molecule has 0 atom stereocenters. The lowest BCUT2D eigenvalue weighted by atomic mass is 10.2. The number of allylic oxidation sites excluding steroid dienone is 5. The van der Waals surface area contributed by atoms with Crippen LogP contribution in [0.1, 0.15) is 20.8 Å². The number of aliphatic imine (C=N–C) groups is 1. The maximum absolute atomic E-state index is 4.15. The minimum atomic E-state index is 1.00. The summed E-state index contributed by atoms with van der Waals surface area (Å²) in [6.45, 7) is 9.55. The molecule has 0 aromatic rings. The molecule has 0 aliphatic carbocycles.